The highest BCUT2D eigenvalue weighted by Crippen LogP contribution is 2.29. The van der Waals surface area contributed by atoms with Gasteiger partial charge < -0.3 is 9.88 Å². The Morgan fingerprint density at radius 3 is 2.73 bits per heavy atom. The number of carbonyl (C=O) groups is 1. The predicted molar refractivity (Wildman–Crippen MR) is 109 cm³/mol. The van der Waals surface area contributed by atoms with Gasteiger partial charge in [-0.3, -0.25) is 4.79 Å². The molecule has 0 fully saturated rings. The molecule has 1 aromatic heterocycles. The Hall–Kier alpha value is -2.18. The van der Waals surface area contributed by atoms with Crippen molar-refractivity contribution in [2.24, 2.45) is 0 Å². The Balaban J connectivity index is 1.30. The molecule has 1 aliphatic rings. The van der Waals surface area contributed by atoms with Gasteiger partial charge in [0, 0.05) is 46.8 Å². The standard InChI is InChI=1S/C20H19N3OS2/c24-19(10-12-25-17-4-2-1-3-5-17)21-16-8-6-15(7-9-16)18-14-23-11-13-26-20(23)22-18/h1-9,14H,10-13H2,(H,21,24). The SMILES string of the molecule is O=C(CCSc1ccccc1)Nc1ccc(-c2cn3c(n2)SCC3)cc1. The zero-order chi connectivity index (χ0) is 17.8. The maximum atomic E-state index is 12.1. The van der Waals surface area contributed by atoms with Gasteiger partial charge in [0.2, 0.25) is 5.91 Å². The smallest absolute Gasteiger partial charge is 0.225 e. The Morgan fingerprint density at radius 1 is 1.15 bits per heavy atom. The Kier molecular flexibility index (Phi) is 5.32. The van der Waals surface area contributed by atoms with Crippen LogP contribution in [0.25, 0.3) is 11.3 Å². The average Bonchev–Trinajstić information content (AvgIpc) is 3.25. The number of benzene rings is 2. The molecule has 0 saturated carbocycles. The van der Waals surface area contributed by atoms with Gasteiger partial charge in [0.05, 0.1) is 5.69 Å². The molecule has 3 aromatic rings. The second-order valence-electron chi connectivity index (χ2n) is 5.99. The van der Waals surface area contributed by atoms with Crippen LogP contribution in [0, 0.1) is 0 Å². The van der Waals surface area contributed by atoms with E-state index in [2.05, 4.69) is 33.2 Å². The van der Waals surface area contributed by atoms with E-state index in [4.69, 9.17) is 0 Å². The minimum absolute atomic E-state index is 0.0403. The molecule has 1 amide bonds. The summed E-state index contributed by atoms with van der Waals surface area (Å²) in [7, 11) is 0. The highest BCUT2D eigenvalue weighted by Gasteiger charge is 2.15. The molecular formula is C20H19N3OS2. The quantitative estimate of drug-likeness (QED) is 0.625. The highest BCUT2D eigenvalue weighted by atomic mass is 32.2. The number of nitrogens with zero attached hydrogens (tertiary/aromatic N) is 2. The van der Waals surface area contributed by atoms with Crippen molar-refractivity contribution in [3.05, 3.63) is 60.8 Å². The zero-order valence-electron chi connectivity index (χ0n) is 14.2. The molecule has 0 unspecified atom stereocenters. The second kappa shape index (κ2) is 8.01. The number of anilines is 1. The second-order valence-corrected chi connectivity index (χ2v) is 8.22. The fraction of sp³-hybridized carbons (Fsp3) is 0.200. The number of hydrogen-bond donors (Lipinski definition) is 1. The fourth-order valence-corrected chi connectivity index (χ4v) is 4.59. The predicted octanol–water partition coefficient (Wildman–Crippen LogP) is 4.78. The van der Waals surface area contributed by atoms with E-state index in [1.807, 2.05) is 42.5 Å². The summed E-state index contributed by atoms with van der Waals surface area (Å²) >= 11 is 3.49. The van der Waals surface area contributed by atoms with Gasteiger partial charge in [0.25, 0.3) is 0 Å². The number of nitrogens with one attached hydrogen (secondary N) is 1. The maximum absolute atomic E-state index is 12.1. The van der Waals surface area contributed by atoms with Gasteiger partial charge in [-0.1, -0.05) is 42.1 Å². The van der Waals surface area contributed by atoms with Gasteiger partial charge in [-0.15, -0.1) is 11.8 Å². The summed E-state index contributed by atoms with van der Waals surface area (Å²) in [6, 6.07) is 18.0. The largest absolute Gasteiger partial charge is 0.326 e. The third-order valence-electron chi connectivity index (χ3n) is 4.11. The lowest BCUT2D eigenvalue weighted by Gasteiger charge is -2.06. The van der Waals surface area contributed by atoms with Crippen LogP contribution >= 0.6 is 23.5 Å². The number of rotatable bonds is 6. The molecule has 4 rings (SSSR count). The highest BCUT2D eigenvalue weighted by molar-refractivity contribution is 7.99. The van der Waals surface area contributed by atoms with E-state index in [0.717, 1.165) is 40.2 Å². The third-order valence-corrected chi connectivity index (χ3v) is 6.09. The monoisotopic (exact) mass is 381 g/mol. The van der Waals surface area contributed by atoms with Crippen molar-refractivity contribution in [2.75, 3.05) is 16.8 Å². The molecule has 1 N–H and O–H groups in total. The fourth-order valence-electron chi connectivity index (χ4n) is 2.77. The topological polar surface area (TPSA) is 46.9 Å². The van der Waals surface area contributed by atoms with E-state index in [1.54, 1.807) is 23.5 Å². The molecular weight excluding hydrogens is 362 g/mol. The summed E-state index contributed by atoms with van der Waals surface area (Å²) in [5.41, 5.74) is 2.89. The summed E-state index contributed by atoms with van der Waals surface area (Å²) in [6.45, 7) is 1.03. The van der Waals surface area contributed by atoms with Crippen LogP contribution in [0.3, 0.4) is 0 Å². The number of thioether (sulfide) groups is 2. The van der Waals surface area contributed by atoms with Crippen molar-refractivity contribution in [3.63, 3.8) is 0 Å². The van der Waals surface area contributed by atoms with Crippen molar-refractivity contribution in [2.45, 2.75) is 23.0 Å². The van der Waals surface area contributed by atoms with Crippen molar-refractivity contribution in [1.29, 1.82) is 0 Å². The Morgan fingerprint density at radius 2 is 1.96 bits per heavy atom. The van der Waals surface area contributed by atoms with Crippen LogP contribution in [-0.4, -0.2) is 27.0 Å². The van der Waals surface area contributed by atoms with E-state index in [1.165, 1.54) is 4.90 Å². The third kappa shape index (κ3) is 4.14. The summed E-state index contributed by atoms with van der Waals surface area (Å²) in [5, 5.41) is 4.05. The first kappa shape index (κ1) is 17.2. The zero-order valence-corrected chi connectivity index (χ0v) is 15.9. The minimum atomic E-state index is 0.0403. The van der Waals surface area contributed by atoms with Crippen LogP contribution in [0.15, 0.2) is 70.8 Å². The van der Waals surface area contributed by atoms with Crippen LogP contribution in [-0.2, 0) is 11.3 Å². The number of fused-ring (bicyclic) bond motifs is 1. The number of amides is 1. The summed E-state index contributed by atoms with van der Waals surface area (Å²) in [5.74, 6) is 1.92. The Bertz CT molecular complexity index is 870. The normalized spacial score (nSPS) is 12.8. The van der Waals surface area contributed by atoms with Gasteiger partial charge in [-0.2, -0.15) is 0 Å². The van der Waals surface area contributed by atoms with Gasteiger partial charge in [-0.25, -0.2) is 4.98 Å². The van der Waals surface area contributed by atoms with Crippen LogP contribution in [0.4, 0.5) is 5.69 Å². The molecule has 0 bridgehead atoms. The van der Waals surface area contributed by atoms with E-state index >= 15 is 0 Å². The number of aryl methyl sites for hydroxylation is 1. The first-order valence-corrected chi connectivity index (χ1v) is 10.5. The lowest BCUT2D eigenvalue weighted by atomic mass is 10.1. The molecule has 2 aromatic carbocycles. The first-order chi connectivity index (χ1) is 12.8. The van der Waals surface area contributed by atoms with Crippen molar-refractivity contribution in [3.8, 4) is 11.3 Å². The van der Waals surface area contributed by atoms with E-state index in [9.17, 15) is 4.79 Å². The van der Waals surface area contributed by atoms with Crippen molar-refractivity contribution < 1.29 is 4.79 Å². The van der Waals surface area contributed by atoms with Gasteiger partial charge in [-0.05, 0) is 24.3 Å². The number of hydrogen-bond acceptors (Lipinski definition) is 4. The molecule has 0 atom stereocenters. The molecule has 132 valence electrons. The maximum Gasteiger partial charge on any atom is 0.225 e. The number of carbonyl (C=O) groups excluding carboxylic acids is 1. The molecule has 1 aliphatic heterocycles. The molecule has 6 heteroatoms. The molecule has 0 radical (unpaired) electrons. The number of aromatic nitrogens is 2. The van der Waals surface area contributed by atoms with Crippen molar-refractivity contribution in [1.82, 2.24) is 9.55 Å². The minimum Gasteiger partial charge on any atom is -0.326 e. The van der Waals surface area contributed by atoms with E-state index in [-0.39, 0.29) is 5.91 Å². The van der Waals surface area contributed by atoms with Crippen LogP contribution in [0.2, 0.25) is 0 Å². The molecule has 0 spiro atoms. The first-order valence-electron chi connectivity index (χ1n) is 8.56. The van der Waals surface area contributed by atoms with E-state index < -0.39 is 0 Å². The number of imidazole rings is 1. The molecule has 26 heavy (non-hydrogen) atoms. The van der Waals surface area contributed by atoms with Gasteiger partial charge in [0.15, 0.2) is 5.16 Å². The van der Waals surface area contributed by atoms with Crippen LogP contribution < -0.4 is 5.32 Å². The lowest BCUT2D eigenvalue weighted by molar-refractivity contribution is -0.115. The van der Waals surface area contributed by atoms with Gasteiger partial charge >= 0.3 is 0 Å². The summed E-state index contributed by atoms with van der Waals surface area (Å²) < 4.78 is 2.19. The molecule has 0 aliphatic carbocycles. The van der Waals surface area contributed by atoms with Gasteiger partial charge in [0.1, 0.15) is 0 Å². The summed E-state index contributed by atoms with van der Waals surface area (Å²) in [4.78, 5) is 18.0. The average molecular weight is 382 g/mol. The van der Waals surface area contributed by atoms with Crippen molar-refractivity contribution >= 4 is 35.1 Å². The van der Waals surface area contributed by atoms with Crippen LogP contribution in [0.1, 0.15) is 6.42 Å². The summed E-state index contributed by atoms with van der Waals surface area (Å²) in [6.07, 6.45) is 2.59. The van der Waals surface area contributed by atoms with Crippen LogP contribution in [0.5, 0.6) is 0 Å². The Labute approximate surface area is 161 Å². The molecule has 2 heterocycles. The lowest BCUT2D eigenvalue weighted by Crippen LogP contribution is -2.12. The molecule has 0 saturated heterocycles. The van der Waals surface area contributed by atoms with E-state index in [0.29, 0.717) is 6.42 Å². The molecule has 4 nitrogen and oxygen atoms in total.